The molecular formula is C7H14N2O2. The molecule has 1 aliphatic carbocycles. The van der Waals surface area contributed by atoms with E-state index < -0.39 is 12.1 Å². The van der Waals surface area contributed by atoms with Gasteiger partial charge in [-0.05, 0) is 0 Å². The molecule has 0 saturated carbocycles. The standard InChI is InChI=1S/C7H14N2O2/c1-11-5-3-2-4(10)6(8)7(5)9/h2-7,10H,8-9H2,1H3/t4-,5-,6+,7+/m1/s1. The molecule has 0 amide bonds. The Morgan fingerprint density at radius 1 is 1.27 bits per heavy atom. The van der Waals surface area contributed by atoms with E-state index in [0.29, 0.717) is 0 Å². The molecule has 5 N–H and O–H groups in total. The van der Waals surface area contributed by atoms with Crippen molar-refractivity contribution < 1.29 is 9.84 Å². The zero-order valence-electron chi connectivity index (χ0n) is 6.47. The van der Waals surface area contributed by atoms with Gasteiger partial charge in [-0.1, -0.05) is 12.2 Å². The van der Waals surface area contributed by atoms with Gasteiger partial charge in [0.15, 0.2) is 0 Å². The highest BCUT2D eigenvalue weighted by Crippen LogP contribution is 2.11. The summed E-state index contributed by atoms with van der Waals surface area (Å²) in [6.07, 6.45) is 2.53. The molecule has 0 spiro atoms. The Hall–Kier alpha value is -0.420. The van der Waals surface area contributed by atoms with Crippen molar-refractivity contribution in [1.82, 2.24) is 0 Å². The van der Waals surface area contributed by atoms with Gasteiger partial charge in [-0.3, -0.25) is 0 Å². The van der Waals surface area contributed by atoms with Crippen LogP contribution in [0.15, 0.2) is 12.2 Å². The third-order valence-corrected chi connectivity index (χ3v) is 1.99. The Labute approximate surface area is 65.8 Å². The lowest BCUT2D eigenvalue weighted by Gasteiger charge is -2.31. The molecular weight excluding hydrogens is 144 g/mol. The minimum absolute atomic E-state index is 0.173. The van der Waals surface area contributed by atoms with Crippen molar-refractivity contribution in [3.05, 3.63) is 12.2 Å². The highest BCUT2D eigenvalue weighted by molar-refractivity contribution is 5.11. The van der Waals surface area contributed by atoms with Crippen LogP contribution >= 0.6 is 0 Å². The second-order valence-electron chi connectivity index (χ2n) is 2.73. The summed E-state index contributed by atoms with van der Waals surface area (Å²) in [4.78, 5) is 0. The topological polar surface area (TPSA) is 81.5 Å². The third-order valence-electron chi connectivity index (χ3n) is 1.99. The van der Waals surface area contributed by atoms with Gasteiger partial charge in [0.05, 0.1) is 24.3 Å². The molecule has 4 heteroatoms. The second-order valence-corrected chi connectivity index (χ2v) is 2.73. The molecule has 0 unspecified atom stereocenters. The van der Waals surface area contributed by atoms with Crippen molar-refractivity contribution in [2.75, 3.05) is 7.11 Å². The third kappa shape index (κ3) is 1.59. The molecule has 11 heavy (non-hydrogen) atoms. The van der Waals surface area contributed by atoms with Crippen LogP contribution in [0.2, 0.25) is 0 Å². The maximum Gasteiger partial charge on any atom is 0.0920 e. The monoisotopic (exact) mass is 158 g/mol. The fourth-order valence-corrected chi connectivity index (χ4v) is 1.16. The van der Waals surface area contributed by atoms with E-state index in [2.05, 4.69) is 0 Å². The number of ether oxygens (including phenoxy) is 1. The van der Waals surface area contributed by atoms with Crippen molar-refractivity contribution >= 4 is 0 Å². The van der Waals surface area contributed by atoms with Gasteiger partial charge in [0.2, 0.25) is 0 Å². The minimum atomic E-state index is -0.642. The lowest BCUT2D eigenvalue weighted by molar-refractivity contribution is 0.0717. The van der Waals surface area contributed by atoms with Crippen molar-refractivity contribution in [2.45, 2.75) is 24.3 Å². The van der Waals surface area contributed by atoms with Gasteiger partial charge in [0.1, 0.15) is 0 Å². The molecule has 0 aromatic heterocycles. The summed E-state index contributed by atoms with van der Waals surface area (Å²) in [5.74, 6) is 0. The number of methoxy groups -OCH3 is 1. The Morgan fingerprint density at radius 2 is 1.91 bits per heavy atom. The molecule has 0 heterocycles. The maximum atomic E-state index is 9.21. The van der Waals surface area contributed by atoms with E-state index >= 15 is 0 Å². The van der Waals surface area contributed by atoms with Crippen molar-refractivity contribution in [3.8, 4) is 0 Å². The zero-order chi connectivity index (χ0) is 8.43. The Bertz CT molecular complexity index is 161. The van der Waals surface area contributed by atoms with Crippen LogP contribution in [0.3, 0.4) is 0 Å². The Balaban J connectivity index is 2.68. The Kier molecular flexibility index (Phi) is 2.62. The smallest absolute Gasteiger partial charge is 0.0920 e. The van der Waals surface area contributed by atoms with Gasteiger partial charge in [-0.25, -0.2) is 0 Å². The predicted molar refractivity (Wildman–Crippen MR) is 41.9 cm³/mol. The molecule has 0 bridgehead atoms. The van der Waals surface area contributed by atoms with Crippen LogP contribution in [0.25, 0.3) is 0 Å². The highest BCUT2D eigenvalue weighted by Gasteiger charge is 2.29. The summed E-state index contributed by atoms with van der Waals surface area (Å²) in [5, 5.41) is 9.21. The molecule has 1 rings (SSSR count). The summed E-state index contributed by atoms with van der Waals surface area (Å²) in [6.45, 7) is 0. The normalized spacial score (nSPS) is 44.4. The number of nitrogens with two attached hydrogens (primary N) is 2. The van der Waals surface area contributed by atoms with Gasteiger partial charge >= 0.3 is 0 Å². The van der Waals surface area contributed by atoms with Gasteiger partial charge in [-0.2, -0.15) is 0 Å². The average molecular weight is 158 g/mol. The highest BCUT2D eigenvalue weighted by atomic mass is 16.5. The summed E-state index contributed by atoms with van der Waals surface area (Å²) in [6, 6.07) is -0.745. The molecule has 0 aromatic carbocycles. The molecule has 4 nitrogen and oxygen atoms in total. The van der Waals surface area contributed by atoms with E-state index in [9.17, 15) is 5.11 Å². The van der Waals surface area contributed by atoms with Gasteiger partial charge < -0.3 is 21.3 Å². The molecule has 0 aromatic rings. The van der Waals surface area contributed by atoms with Gasteiger partial charge in [0, 0.05) is 7.11 Å². The van der Waals surface area contributed by atoms with Crippen molar-refractivity contribution in [1.29, 1.82) is 0 Å². The van der Waals surface area contributed by atoms with E-state index in [1.807, 2.05) is 0 Å². The van der Waals surface area contributed by atoms with Gasteiger partial charge in [-0.15, -0.1) is 0 Å². The predicted octanol–water partition coefficient (Wildman–Crippen LogP) is -1.41. The molecule has 1 aliphatic rings. The molecule has 0 fully saturated rings. The lowest BCUT2D eigenvalue weighted by atomic mass is 9.93. The first-order valence-electron chi connectivity index (χ1n) is 3.57. The number of rotatable bonds is 1. The van der Waals surface area contributed by atoms with Crippen LogP contribution < -0.4 is 11.5 Å². The SMILES string of the molecule is CO[C@@H]1C=C[C@@H](O)[C@H](N)[C@H]1N. The van der Waals surface area contributed by atoms with E-state index in [-0.39, 0.29) is 12.1 Å². The first-order chi connectivity index (χ1) is 5.16. The Morgan fingerprint density at radius 3 is 2.45 bits per heavy atom. The van der Waals surface area contributed by atoms with Crippen LogP contribution in [-0.2, 0) is 4.74 Å². The molecule has 64 valence electrons. The van der Waals surface area contributed by atoms with E-state index in [0.717, 1.165) is 0 Å². The summed E-state index contributed by atoms with van der Waals surface area (Å²) in [7, 11) is 1.57. The second kappa shape index (κ2) is 3.32. The quantitative estimate of drug-likeness (QED) is 0.409. The molecule has 0 aliphatic heterocycles. The van der Waals surface area contributed by atoms with Crippen LogP contribution in [0, 0.1) is 0 Å². The average Bonchev–Trinajstić information content (AvgIpc) is 2.01. The van der Waals surface area contributed by atoms with Crippen LogP contribution in [0.4, 0.5) is 0 Å². The lowest BCUT2D eigenvalue weighted by Crippen LogP contribution is -2.56. The molecule has 0 radical (unpaired) electrons. The molecule has 0 saturated heterocycles. The minimum Gasteiger partial charge on any atom is -0.387 e. The van der Waals surface area contributed by atoms with Crippen LogP contribution in [0.1, 0.15) is 0 Å². The maximum absolute atomic E-state index is 9.21. The first kappa shape index (κ1) is 8.67. The largest absolute Gasteiger partial charge is 0.387 e. The number of hydrogen-bond acceptors (Lipinski definition) is 4. The van der Waals surface area contributed by atoms with Crippen LogP contribution in [-0.4, -0.2) is 36.5 Å². The van der Waals surface area contributed by atoms with Crippen molar-refractivity contribution in [2.24, 2.45) is 11.5 Å². The summed E-state index contributed by atoms with van der Waals surface area (Å²) >= 11 is 0. The number of aliphatic hydroxyl groups excluding tert-OH is 1. The zero-order valence-corrected chi connectivity index (χ0v) is 6.47. The van der Waals surface area contributed by atoms with Crippen molar-refractivity contribution in [3.63, 3.8) is 0 Å². The number of aliphatic hydroxyl groups is 1. The summed E-state index contributed by atoms with van der Waals surface area (Å²) in [5.41, 5.74) is 11.2. The van der Waals surface area contributed by atoms with Gasteiger partial charge in [0.25, 0.3) is 0 Å². The van der Waals surface area contributed by atoms with Crippen LogP contribution in [0.5, 0.6) is 0 Å². The molecule has 4 atom stereocenters. The van der Waals surface area contributed by atoms with E-state index in [1.54, 1.807) is 19.3 Å². The van der Waals surface area contributed by atoms with E-state index in [4.69, 9.17) is 16.2 Å². The fraction of sp³-hybridized carbons (Fsp3) is 0.714. The number of hydrogen-bond donors (Lipinski definition) is 3. The van der Waals surface area contributed by atoms with E-state index in [1.165, 1.54) is 0 Å². The first-order valence-corrected chi connectivity index (χ1v) is 3.57. The fourth-order valence-electron chi connectivity index (χ4n) is 1.16. The summed E-state index contributed by atoms with van der Waals surface area (Å²) < 4.78 is 5.02.